The van der Waals surface area contributed by atoms with Crippen molar-refractivity contribution in [2.24, 2.45) is 0 Å². The first-order chi connectivity index (χ1) is 5.58. The molecule has 0 amide bonds. The van der Waals surface area contributed by atoms with Crippen LogP contribution in [0.5, 0.6) is 0 Å². The number of rotatable bonds is 3. The predicted octanol–water partition coefficient (Wildman–Crippen LogP) is 1.72. The Labute approximate surface area is 73.4 Å². The lowest BCUT2D eigenvalue weighted by Crippen LogP contribution is -1.91. The molecule has 0 aromatic heterocycles. The maximum atomic E-state index is 10.0. The normalized spacial score (nSPS) is 7.58. The van der Waals surface area contributed by atoms with Gasteiger partial charge in [-0.2, -0.15) is 0 Å². The zero-order valence-corrected chi connectivity index (χ0v) is 7.92. The van der Waals surface area contributed by atoms with Crippen molar-refractivity contribution >= 4 is 11.8 Å². The van der Waals surface area contributed by atoms with E-state index in [0.29, 0.717) is 0 Å². The van der Waals surface area contributed by atoms with Gasteiger partial charge >= 0.3 is 5.97 Å². The summed E-state index contributed by atoms with van der Waals surface area (Å²) in [6.07, 6.45) is 2.83. The van der Waals surface area contributed by atoms with E-state index in [1.165, 1.54) is 7.11 Å². The minimum absolute atomic E-state index is 0.289. The minimum Gasteiger partial charge on any atom is -0.466 e. The Kier molecular flexibility index (Phi) is 11.1. The summed E-state index contributed by atoms with van der Waals surface area (Å²) in [5, 5.41) is 0. The van der Waals surface area contributed by atoms with E-state index in [9.17, 15) is 9.59 Å². The van der Waals surface area contributed by atoms with Gasteiger partial charge in [-0.3, -0.25) is 0 Å². The lowest BCUT2D eigenvalue weighted by atomic mass is 10.3. The van der Waals surface area contributed by atoms with Gasteiger partial charge in [-0.05, 0) is 13.3 Å². The van der Waals surface area contributed by atoms with Gasteiger partial charge in [0, 0.05) is 12.5 Å². The van der Waals surface area contributed by atoms with Crippen LogP contribution < -0.4 is 0 Å². The second kappa shape index (κ2) is 9.88. The summed E-state index contributed by atoms with van der Waals surface area (Å²) in [7, 11) is 1.31. The number of hydrogen-bond donors (Lipinski definition) is 0. The molecule has 0 aliphatic heterocycles. The Morgan fingerprint density at radius 2 is 2.00 bits per heavy atom. The van der Waals surface area contributed by atoms with E-state index >= 15 is 0 Å². The lowest BCUT2D eigenvalue weighted by Gasteiger charge is -1.83. The maximum absolute atomic E-state index is 10.0. The van der Waals surface area contributed by atoms with Gasteiger partial charge in [0.2, 0.25) is 0 Å². The van der Waals surface area contributed by atoms with Gasteiger partial charge in [-0.25, -0.2) is 4.79 Å². The Balaban J connectivity index is 0. The van der Waals surface area contributed by atoms with Gasteiger partial charge in [-0.15, -0.1) is 0 Å². The summed E-state index contributed by atoms with van der Waals surface area (Å²) in [6, 6.07) is 0. The van der Waals surface area contributed by atoms with Gasteiger partial charge in [-0.1, -0.05) is 13.5 Å². The molecule has 0 radical (unpaired) electrons. The average Bonchev–Trinajstić information content (AvgIpc) is 2.04. The van der Waals surface area contributed by atoms with Crippen molar-refractivity contribution in [3.63, 3.8) is 0 Å². The van der Waals surface area contributed by atoms with Crippen LogP contribution in [0.3, 0.4) is 0 Å². The summed E-state index contributed by atoms with van der Waals surface area (Å²) < 4.78 is 4.14. The first kappa shape index (κ1) is 13.5. The smallest absolute Gasteiger partial charge is 0.329 e. The van der Waals surface area contributed by atoms with Crippen molar-refractivity contribution in [2.75, 3.05) is 7.11 Å². The van der Waals surface area contributed by atoms with Crippen LogP contribution in [0.25, 0.3) is 0 Å². The minimum atomic E-state index is -0.394. The van der Waals surface area contributed by atoms with Gasteiger partial charge < -0.3 is 9.53 Å². The zero-order valence-electron chi connectivity index (χ0n) is 7.92. The molecule has 0 aromatic carbocycles. The molecule has 0 aliphatic carbocycles. The molecule has 12 heavy (non-hydrogen) atoms. The molecular formula is C9H16O3. The SMILES string of the molecule is C=CC(=O)OC.CCCC(C)=O. The zero-order chi connectivity index (χ0) is 9.98. The van der Waals surface area contributed by atoms with Crippen molar-refractivity contribution in [1.29, 1.82) is 0 Å². The average molecular weight is 172 g/mol. The van der Waals surface area contributed by atoms with Crippen molar-refractivity contribution in [3.05, 3.63) is 12.7 Å². The van der Waals surface area contributed by atoms with Crippen LogP contribution in [0.4, 0.5) is 0 Å². The fourth-order valence-electron chi connectivity index (χ4n) is 0.435. The summed E-state index contributed by atoms with van der Waals surface area (Å²) >= 11 is 0. The molecule has 0 atom stereocenters. The first-order valence-electron chi connectivity index (χ1n) is 3.78. The van der Waals surface area contributed by atoms with Gasteiger partial charge in [0.05, 0.1) is 7.11 Å². The number of methoxy groups -OCH3 is 1. The van der Waals surface area contributed by atoms with Crippen LogP contribution in [0.15, 0.2) is 12.7 Å². The van der Waals surface area contributed by atoms with E-state index in [2.05, 4.69) is 11.3 Å². The van der Waals surface area contributed by atoms with Crippen LogP contribution in [0.2, 0.25) is 0 Å². The first-order valence-corrected chi connectivity index (χ1v) is 3.78. The van der Waals surface area contributed by atoms with Crippen LogP contribution in [-0.2, 0) is 14.3 Å². The number of ketones is 1. The van der Waals surface area contributed by atoms with Crippen molar-refractivity contribution in [3.8, 4) is 0 Å². The molecule has 0 N–H and O–H groups in total. The molecule has 0 heterocycles. The van der Waals surface area contributed by atoms with E-state index in [-0.39, 0.29) is 5.78 Å². The molecule has 0 unspecified atom stereocenters. The highest BCUT2D eigenvalue weighted by atomic mass is 16.5. The number of carbonyl (C=O) groups excluding carboxylic acids is 2. The highest BCUT2D eigenvalue weighted by Gasteiger charge is 1.83. The summed E-state index contributed by atoms with van der Waals surface area (Å²) in [6.45, 7) is 6.77. The Morgan fingerprint density at radius 1 is 1.50 bits per heavy atom. The molecule has 3 heteroatoms. The number of ether oxygens (including phenoxy) is 1. The molecule has 0 saturated carbocycles. The second-order valence-electron chi connectivity index (χ2n) is 2.18. The van der Waals surface area contributed by atoms with Crippen LogP contribution >= 0.6 is 0 Å². The van der Waals surface area contributed by atoms with Crippen molar-refractivity contribution < 1.29 is 14.3 Å². The molecule has 0 bridgehead atoms. The van der Waals surface area contributed by atoms with Gasteiger partial charge in [0.1, 0.15) is 5.78 Å². The third-order valence-corrected chi connectivity index (χ3v) is 0.970. The number of Topliss-reactive ketones (excluding diaryl/α,β-unsaturated/α-hetero) is 1. The van der Waals surface area contributed by atoms with Crippen molar-refractivity contribution in [2.45, 2.75) is 26.7 Å². The molecule has 0 rings (SSSR count). The number of esters is 1. The van der Waals surface area contributed by atoms with E-state index < -0.39 is 5.97 Å². The standard InChI is InChI=1S/C5H10O.C4H6O2/c1-3-4-5(2)6;1-3-4(5)6-2/h3-4H2,1-2H3;3H,1H2,2H3. The predicted molar refractivity (Wildman–Crippen MR) is 47.8 cm³/mol. The maximum Gasteiger partial charge on any atom is 0.329 e. The molecule has 0 aromatic rings. The molecule has 70 valence electrons. The Bertz CT molecular complexity index is 150. The molecule has 3 nitrogen and oxygen atoms in total. The summed E-state index contributed by atoms with van der Waals surface area (Å²) in [4.78, 5) is 19.9. The molecular weight excluding hydrogens is 156 g/mol. The fourth-order valence-corrected chi connectivity index (χ4v) is 0.435. The fraction of sp³-hybridized carbons (Fsp3) is 0.556. The van der Waals surface area contributed by atoms with E-state index in [4.69, 9.17) is 0 Å². The van der Waals surface area contributed by atoms with Crippen LogP contribution in [-0.4, -0.2) is 18.9 Å². The molecule has 0 fully saturated rings. The quantitative estimate of drug-likeness (QED) is 0.481. The summed E-state index contributed by atoms with van der Waals surface area (Å²) in [5.41, 5.74) is 0. The highest BCUT2D eigenvalue weighted by Crippen LogP contribution is 1.84. The highest BCUT2D eigenvalue weighted by molar-refractivity contribution is 5.80. The van der Waals surface area contributed by atoms with Crippen molar-refractivity contribution in [1.82, 2.24) is 0 Å². The van der Waals surface area contributed by atoms with Crippen LogP contribution in [0.1, 0.15) is 26.7 Å². The molecule has 0 aliphatic rings. The third-order valence-electron chi connectivity index (χ3n) is 0.970. The van der Waals surface area contributed by atoms with Crippen LogP contribution in [0, 0.1) is 0 Å². The van der Waals surface area contributed by atoms with Gasteiger partial charge in [0.15, 0.2) is 0 Å². The van der Waals surface area contributed by atoms with E-state index in [1.54, 1.807) is 6.92 Å². The van der Waals surface area contributed by atoms with E-state index in [0.717, 1.165) is 18.9 Å². The van der Waals surface area contributed by atoms with Gasteiger partial charge in [0.25, 0.3) is 0 Å². The monoisotopic (exact) mass is 172 g/mol. The Hall–Kier alpha value is -1.12. The number of hydrogen-bond acceptors (Lipinski definition) is 3. The van der Waals surface area contributed by atoms with E-state index in [1.807, 2.05) is 6.92 Å². The molecule has 0 saturated heterocycles. The molecule has 0 spiro atoms. The lowest BCUT2D eigenvalue weighted by molar-refractivity contribution is -0.134. The largest absolute Gasteiger partial charge is 0.466 e. The number of carbonyl (C=O) groups is 2. The summed E-state index contributed by atoms with van der Waals surface area (Å²) in [5.74, 6) is -0.104. The third kappa shape index (κ3) is 15.9. The topological polar surface area (TPSA) is 43.4 Å². The second-order valence-corrected chi connectivity index (χ2v) is 2.18. The Morgan fingerprint density at radius 3 is 2.00 bits per heavy atom.